The van der Waals surface area contributed by atoms with Crippen LogP contribution in [0.5, 0.6) is 0 Å². The van der Waals surface area contributed by atoms with Gasteiger partial charge in [0.2, 0.25) is 0 Å². The van der Waals surface area contributed by atoms with Gasteiger partial charge in [0.25, 0.3) is 0 Å². The van der Waals surface area contributed by atoms with Gasteiger partial charge >= 0.3 is 0 Å². The van der Waals surface area contributed by atoms with E-state index < -0.39 is 0 Å². The van der Waals surface area contributed by atoms with Crippen molar-refractivity contribution < 1.29 is 0 Å². The molecule has 0 amide bonds. The van der Waals surface area contributed by atoms with E-state index in [2.05, 4.69) is 38.8 Å². The molecule has 0 saturated carbocycles. The van der Waals surface area contributed by atoms with Gasteiger partial charge < -0.3 is 4.90 Å². The Labute approximate surface area is 165 Å². The molecule has 3 rings (SSSR count). The first-order valence-electron chi connectivity index (χ1n) is 9.24. The molecule has 1 unspecified atom stereocenters. The first kappa shape index (κ1) is 19.5. The van der Waals surface area contributed by atoms with Gasteiger partial charge in [-0.2, -0.15) is 0 Å². The van der Waals surface area contributed by atoms with Crippen molar-refractivity contribution in [1.82, 2.24) is 19.8 Å². The van der Waals surface area contributed by atoms with Gasteiger partial charge in [-0.1, -0.05) is 29.9 Å². The zero-order chi connectivity index (χ0) is 18.5. The highest BCUT2D eigenvalue weighted by atomic mass is 35.5. The number of likely N-dealkylation sites (tertiary alicyclic amines) is 1. The quantitative estimate of drug-likeness (QED) is 0.715. The molecule has 7 heteroatoms. The Balaban J connectivity index is 1.63. The second kappa shape index (κ2) is 9.13. The van der Waals surface area contributed by atoms with E-state index in [4.69, 9.17) is 11.6 Å². The van der Waals surface area contributed by atoms with Crippen molar-refractivity contribution in [2.75, 3.05) is 38.6 Å². The molecule has 1 fully saturated rings. The van der Waals surface area contributed by atoms with Crippen LogP contribution in [0, 0.1) is 0 Å². The lowest BCUT2D eigenvalue weighted by molar-refractivity contribution is 0.0923. The molecule has 26 heavy (non-hydrogen) atoms. The minimum Gasteiger partial charge on any atom is -0.354 e. The molecule has 142 valence electrons. The van der Waals surface area contributed by atoms with Crippen molar-refractivity contribution in [3.05, 3.63) is 40.1 Å². The van der Waals surface area contributed by atoms with Gasteiger partial charge in [0.1, 0.15) is 5.15 Å². The third-order valence-electron chi connectivity index (χ3n) is 4.93. The molecule has 1 aliphatic heterocycles. The molecular weight excluding hydrogens is 366 g/mol. The number of hydrogen-bond donors (Lipinski definition) is 0. The van der Waals surface area contributed by atoms with E-state index in [1.54, 1.807) is 11.3 Å². The van der Waals surface area contributed by atoms with Crippen LogP contribution in [0.3, 0.4) is 0 Å². The molecule has 1 atom stereocenters. The van der Waals surface area contributed by atoms with E-state index in [-0.39, 0.29) is 0 Å². The summed E-state index contributed by atoms with van der Waals surface area (Å²) in [6.45, 7) is 7.42. The lowest BCUT2D eigenvalue weighted by Gasteiger charge is -2.39. The van der Waals surface area contributed by atoms with Crippen LogP contribution in [0.1, 0.15) is 30.2 Å². The number of halogens is 1. The zero-order valence-electron chi connectivity index (χ0n) is 15.9. The van der Waals surface area contributed by atoms with Gasteiger partial charge in [-0.25, -0.2) is 4.98 Å². The Morgan fingerprint density at radius 3 is 2.73 bits per heavy atom. The number of anilines is 1. The van der Waals surface area contributed by atoms with Crippen LogP contribution in [0.2, 0.25) is 5.15 Å². The smallest absolute Gasteiger partial charge is 0.186 e. The monoisotopic (exact) mass is 393 g/mol. The summed E-state index contributed by atoms with van der Waals surface area (Å²) in [5, 5.41) is 1.64. The highest BCUT2D eigenvalue weighted by Gasteiger charge is 2.26. The van der Waals surface area contributed by atoms with Crippen molar-refractivity contribution in [3.8, 4) is 0 Å². The molecule has 0 aromatic carbocycles. The van der Waals surface area contributed by atoms with Crippen LogP contribution in [0.4, 0.5) is 5.13 Å². The van der Waals surface area contributed by atoms with Crippen molar-refractivity contribution in [2.45, 2.75) is 38.9 Å². The highest BCUT2D eigenvalue weighted by molar-refractivity contribution is 7.16. The number of thiazole rings is 1. The summed E-state index contributed by atoms with van der Waals surface area (Å²) < 4.78 is 0. The second-order valence-corrected chi connectivity index (χ2v) is 8.47. The van der Waals surface area contributed by atoms with E-state index >= 15 is 0 Å². The standard InChI is InChI=1S/C19H28ClN5S/c1-4-25(12-15-7-9-21-10-8-15)16-6-5-11-24(13-16)14-17-18(20)22-19(26-17)23(2)3/h7-10,16H,4-6,11-14H2,1-3H3. The Kier molecular flexibility index (Phi) is 6.86. The number of nitrogens with zero attached hydrogens (tertiary/aromatic N) is 5. The SMILES string of the molecule is CCN(Cc1ccncc1)C1CCCN(Cc2sc(N(C)C)nc2Cl)C1. The maximum atomic E-state index is 6.37. The lowest BCUT2D eigenvalue weighted by Crippen LogP contribution is -2.47. The number of rotatable bonds is 7. The number of piperidine rings is 1. The minimum atomic E-state index is 0.585. The van der Waals surface area contributed by atoms with E-state index in [9.17, 15) is 0 Å². The molecule has 3 heterocycles. The fourth-order valence-electron chi connectivity index (χ4n) is 3.51. The topological polar surface area (TPSA) is 35.5 Å². The summed E-state index contributed by atoms with van der Waals surface area (Å²) in [6, 6.07) is 4.81. The summed E-state index contributed by atoms with van der Waals surface area (Å²) in [7, 11) is 4.02. The number of pyridine rings is 1. The van der Waals surface area contributed by atoms with Crippen LogP contribution >= 0.6 is 22.9 Å². The molecule has 0 spiro atoms. The van der Waals surface area contributed by atoms with Crippen molar-refractivity contribution in [2.24, 2.45) is 0 Å². The predicted molar refractivity (Wildman–Crippen MR) is 110 cm³/mol. The van der Waals surface area contributed by atoms with E-state index in [0.29, 0.717) is 11.2 Å². The lowest BCUT2D eigenvalue weighted by atomic mass is 10.0. The maximum absolute atomic E-state index is 6.37. The van der Waals surface area contributed by atoms with Crippen LogP contribution in [0.15, 0.2) is 24.5 Å². The van der Waals surface area contributed by atoms with Crippen LogP contribution in [0.25, 0.3) is 0 Å². The predicted octanol–water partition coefficient (Wildman–Crippen LogP) is 3.74. The molecule has 2 aromatic heterocycles. The molecule has 0 bridgehead atoms. The molecule has 5 nitrogen and oxygen atoms in total. The third kappa shape index (κ3) is 4.94. The molecule has 0 radical (unpaired) electrons. The number of aromatic nitrogens is 2. The Morgan fingerprint density at radius 1 is 1.31 bits per heavy atom. The first-order chi connectivity index (χ1) is 12.6. The maximum Gasteiger partial charge on any atom is 0.186 e. The van der Waals surface area contributed by atoms with Gasteiger partial charge in [-0.3, -0.25) is 14.8 Å². The van der Waals surface area contributed by atoms with Gasteiger partial charge in [-0.05, 0) is 43.6 Å². The largest absolute Gasteiger partial charge is 0.354 e. The van der Waals surface area contributed by atoms with Crippen molar-refractivity contribution >= 4 is 28.1 Å². The van der Waals surface area contributed by atoms with Crippen LogP contribution in [-0.2, 0) is 13.1 Å². The summed E-state index contributed by atoms with van der Waals surface area (Å²) >= 11 is 8.07. The van der Waals surface area contributed by atoms with Gasteiger partial charge in [0, 0.05) is 52.2 Å². The Bertz CT molecular complexity index is 690. The first-order valence-corrected chi connectivity index (χ1v) is 10.4. The molecule has 1 saturated heterocycles. The fourth-order valence-corrected chi connectivity index (χ4v) is 4.73. The number of hydrogen-bond acceptors (Lipinski definition) is 6. The minimum absolute atomic E-state index is 0.585. The third-order valence-corrected chi connectivity index (χ3v) is 6.56. The fraction of sp³-hybridized carbons (Fsp3) is 0.579. The molecule has 0 aliphatic carbocycles. The average Bonchev–Trinajstić information content (AvgIpc) is 3.02. The van der Waals surface area contributed by atoms with Crippen molar-refractivity contribution in [1.29, 1.82) is 0 Å². The Hall–Kier alpha value is -1.21. The second-order valence-electron chi connectivity index (χ2n) is 7.05. The summed E-state index contributed by atoms with van der Waals surface area (Å²) in [5.74, 6) is 0. The van der Waals surface area contributed by atoms with Crippen LogP contribution in [-0.4, -0.2) is 59.5 Å². The van der Waals surface area contributed by atoms with Crippen LogP contribution < -0.4 is 4.90 Å². The van der Waals surface area contributed by atoms with Gasteiger partial charge in [-0.15, -0.1) is 0 Å². The van der Waals surface area contributed by atoms with Crippen molar-refractivity contribution in [3.63, 3.8) is 0 Å². The van der Waals surface area contributed by atoms with Gasteiger partial charge in [0.15, 0.2) is 5.13 Å². The molecular formula is C19H28ClN5S. The summed E-state index contributed by atoms with van der Waals surface area (Å²) in [6.07, 6.45) is 6.25. The highest BCUT2D eigenvalue weighted by Crippen LogP contribution is 2.30. The van der Waals surface area contributed by atoms with E-state index in [0.717, 1.165) is 37.9 Å². The average molecular weight is 394 g/mol. The zero-order valence-corrected chi connectivity index (χ0v) is 17.4. The van der Waals surface area contributed by atoms with E-state index in [1.165, 1.54) is 23.3 Å². The molecule has 0 N–H and O–H groups in total. The molecule has 1 aliphatic rings. The van der Waals surface area contributed by atoms with Gasteiger partial charge in [0.05, 0.1) is 4.88 Å². The van der Waals surface area contributed by atoms with E-state index in [1.807, 2.05) is 31.4 Å². The normalized spacial score (nSPS) is 18.4. The molecule has 2 aromatic rings. The summed E-state index contributed by atoms with van der Waals surface area (Å²) in [5.41, 5.74) is 1.33. The summed E-state index contributed by atoms with van der Waals surface area (Å²) in [4.78, 5) is 16.9. The Morgan fingerprint density at radius 2 is 2.08 bits per heavy atom. The number of likely N-dealkylation sites (N-methyl/N-ethyl adjacent to an activating group) is 1.